The summed E-state index contributed by atoms with van der Waals surface area (Å²) in [4.78, 5) is 5.79. The summed E-state index contributed by atoms with van der Waals surface area (Å²) < 4.78 is 2.41. The highest BCUT2D eigenvalue weighted by Gasteiger charge is 2.56. The lowest BCUT2D eigenvalue weighted by molar-refractivity contribution is -0.0797. The smallest absolute Gasteiger partial charge is 0.138 e. The Kier molecular flexibility index (Phi) is 5.24. The van der Waals surface area contributed by atoms with E-state index in [-0.39, 0.29) is 0 Å². The fraction of sp³-hybridized carbons (Fsp3) is 1.00. The molecule has 0 aromatic rings. The number of hydrogen-bond acceptors (Lipinski definition) is 2. The Balaban J connectivity index is 5.58. The van der Waals surface area contributed by atoms with Gasteiger partial charge in [-0.2, -0.15) is 0 Å². The van der Waals surface area contributed by atoms with Crippen molar-refractivity contribution < 1.29 is 4.84 Å². The summed E-state index contributed by atoms with van der Waals surface area (Å²) in [6.07, 6.45) is 0. The minimum absolute atomic E-state index is 0.500. The summed E-state index contributed by atoms with van der Waals surface area (Å²) in [5.74, 6) is 0. The van der Waals surface area contributed by atoms with Gasteiger partial charge in [0.05, 0.1) is 22.3 Å². The molecule has 0 heterocycles. The van der Waals surface area contributed by atoms with E-state index in [1.807, 2.05) is 7.11 Å². The summed E-state index contributed by atoms with van der Waals surface area (Å²) in [7, 11) is -1.99. The van der Waals surface area contributed by atoms with E-state index in [4.69, 9.17) is 4.84 Å². The second-order valence-electron chi connectivity index (χ2n) is 7.17. The van der Waals surface area contributed by atoms with Crippen LogP contribution in [0.3, 0.4) is 0 Å². The van der Waals surface area contributed by atoms with Crippen molar-refractivity contribution in [3.05, 3.63) is 0 Å². The lowest BCUT2D eigenvalue weighted by atomic mass is 10.4. The zero-order valence-corrected chi connectivity index (χ0v) is 15.9. The third-order valence-corrected chi connectivity index (χ3v) is 43.8. The lowest BCUT2D eigenvalue weighted by Gasteiger charge is -2.54. The zero-order chi connectivity index (χ0) is 13.4. The number of hydrogen-bond donors (Lipinski definition) is 0. The molecule has 5 heteroatoms. The van der Waals surface area contributed by atoms with Crippen LogP contribution in [0.25, 0.3) is 0 Å². The Morgan fingerprint density at radius 3 is 1.19 bits per heavy atom. The fourth-order valence-electron chi connectivity index (χ4n) is 2.70. The van der Waals surface area contributed by atoms with Crippen LogP contribution < -0.4 is 0 Å². The van der Waals surface area contributed by atoms with E-state index in [0.717, 1.165) is 0 Å². The molecule has 0 spiro atoms. The average molecular weight is 278 g/mol. The maximum atomic E-state index is 5.79. The summed E-state index contributed by atoms with van der Waals surface area (Å²) in [6, 6.07) is 0.500. The van der Waals surface area contributed by atoms with Crippen LogP contribution in [0, 0.1) is 0 Å². The van der Waals surface area contributed by atoms with Crippen LogP contribution in [0.4, 0.5) is 0 Å². The number of rotatable bonds is 5. The largest absolute Gasteiger partial charge is 0.310 e. The van der Waals surface area contributed by atoms with Crippen molar-refractivity contribution in [2.24, 2.45) is 0 Å². The van der Waals surface area contributed by atoms with E-state index in [2.05, 4.69) is 64.4 Å². The van der Waals surface area contributed by atoms with Crippen molar-refractivity contribution >= 4 is 22.5 Å². The van der Waals surface area contributed by atoms with Gasteiger partial charge in [0.2, 0.25) is 0 Å². The Morgan fingerprint density at radius 2 is 1.12 bits per heavy atom. The van der Waals surface area contributed by atoms with Gasteiger partial charge in [-0.05, 0) is 13.8 Å². The van der Waals surface area contributed by atoms with Crippen molar-refractivity contribution in [2.75, 3.05) is 7.11 Å². The van der Waals surface area contributed by atoms with Crippen LogP contribution in [0.5, 0.6) is 0 Å². The molecular weight excluding hydrogens is 246 g/mol. The second-order valence-corrected chi connectivity index (χ2v) is 35.1. The van der Waals surface area contributed by atoms with E-state index in [1.54, 1.807) is 0 Å². The van der Waals surface area contributed by atoms with Gasteiger partial charge >= 0.3 is 0 Å². The molecule has 0 aliphatic carbocycles. The Bertz CT molecular complexity index is 216. The van der Waals surface area contributed by atoms with E-state index >= 15 is 0 Å². The molecule has 98 valence electrons. The monoisotopic (exact) mass is 277 g/mol. The Morgan fingerprint density at radius 1 is 0.812 bits per heavy atom. The van der Waals surface area contributed by atoms with Gasteiger partial charge in [0.1, 0.15) is 7.27 Å². The van der Waals surface area contributed by atoms with E-state index in [0.29, 0.717) is 6.04 Å². The molecule has 0 aromatic heterocycles. The molecule has 0 rings (SSSR count). The summed E-state index contributed by atoms with van der Waals surface area (Å²) in [5, 5.41) is 0. The first-order valence-corrected chi connectivity index (χ1v) is 17.7. The highest BCUT2D eigenvalue weighted by atomic mass is 29.6. The lowest BCUT2D eigenvalue weighted by Crippen LogP contribution is -2.79. The molecule has 0 aromatic carbocycles. The molecule has 0 radical (unpaired) electrons. The quantitative estimate of drug-likeness (QED) is 0.562. The van der Waals surface area contributed by atoms with Crippen molar-refractivity contribution in [3.8, 4) is 0 Å². The topological polar surface area (TPSA) is 12.5 Å². The van der Waals surface area contributed by atoms with Gasteiger partial charge in [0.25, 0.3) is 0 Å². The van der Waals surface area contributed by atoms with Gasteiger partial charge in [0.15, 0.2) is 0 Å². The molecule has 0 fully saturated rings. The minimum Gasteiger partial charge on any atom is -0.310 e. The first-order valence-electron chi connectivity index (χ1n) is 6.23. The Hall–Kier alpha value is 0.571. The molecule has 0 aliphatic heterocycles. The van der Waals surface area contributed by atoms with E-state index in [9.17, 15) is 0 Å². The van der Waals surface area contributed by atoms with Gasteiger partial charge in [-0.1, -0.05) is 45.8 Å². The SMILES string of the molecule is CON(C(C)C)[Si](C)([Si](C)(C)C)[Si](C)(C)C. The zero-order valence-electron chi connectivity index (χ0n) is 12.9. The molecule has 0 saturated heterocycles. The molecule has 0 atom stereocenters. The standard InChI is InChI=1S/C11H31NOSi3/c1-11(2)12(13-3)16(10,14(4,5)6)15(7,8)9/h11H,1-10H3. The summed E-state index contributed by atoms with van der Waals surface area (Å²) >= 11 is 0. The third kappa shape index (κ3) is 2.87. The maximum absolute atomic E-state index is 5.79. The van der Waals surface area contributed by atoms with E-state index < -0.39 is 22.5 Å². The molecule has 0 N–H and O–H groups in total. The molecule has 0 saturated carbocycles. The van der Waals surface area contributed by atoms with Gasteiger partial charge in [-0.15, -0.1) is 0 Å². The van der Waals surface area contributed by atoms with Crippen molar-refractivity contribution in [3.63, 3.8) is 0 Å². The molecule has 0 aliphatic rings. The van der Waals surface area contributed by atoms with E-state index in [1.165, 1.54) is 0 Å². The maximum Gasteiger partial charge on any atom is 0.138 e. The molecule has 0 bridgehead atoms. The normalized spacial score (nSPS) is 15.0. The van der Waals surface area contributed by atoms with Crippen LogP contribution in [-0.4, -0.2) is 40.3 Å². The highest BCUT2D eigenvalue weighted by Crippen LogP contribution is 2.33. The summed E-state index contributed by atoms with van der Waals surface area (Å²) in [6.45, 7) is 22.2. The molecular formula is C11H31NOSi3. The van der Waals surface area contributed by atoms with Gasteiger partial charge in [0, 0.05) is 6.04 Å². The highest BCUT2D eigenvalue weighted by molar-refractivity contribution is 7.67. The number of hydroxylamine groups is 1. The molecule has 2 nitrogen and oxygen atoms in total. The van der Waals surface area contributed by atoms with Gasteiger partial charge < -0.3 is 4.84 Å². The predicted molar refractivity (Wildman–Crippen MR) is 82.3 cm³/mol. The predicted octanol–water partition coefficient (Wildman–Crippen LogP) is 3.67. The second kappa shape index (κ2) is 5.06. The van der Waals surface area contributed by atoms with Crippen molar-refractivity contribution in [2.45, 2.75) is 65.7 Å². The number of nitrogens with zero attached hydrogens (tertiary/aromatic N) is 1. The van der Waals surface area contributed by atoms with Crippen LogP contribution in [-0.2, 0) is 4.84 Å². The van der Waals surface area contributed by atoms with Crippen LogP contribution in [0.1, 0.15) is 13.8 Å². The van der Waals surface area contributed by atoms with Crippen LogP contribution >= 0.6 is 0 Å². The first kappa shape index (κ1) is 16.6. The van der Waals surface area contributed by atoms with Crippen molar-refractivity contribution in [1.82, 2.24) is 4.73 Å². The molecule has 0 amide bonds. The molecule has 16 heavy (non-hydrogen) atoms. The molecule has 0 unspecified atom stereocenters. The van der Waals surface area contributed by atoms with Crippen molar-refractivity contribution in [1.29, 1.82) is 0 Å². The Labute approximate surface area is 105 Å². The summed E-state index contributed by atoms with van der Waals surface area (Å²) in [5.41, 5.74) is 0. The van der Waals surface area contributed by atoms with Gasteiger partial charge in [-0.3, -0.25) is 0 Å². The fourth-order valence-corrected chi connectivity index (χ4v) is 40.7. The average Bonchev–Trinajstić information content (AvgIpc) is 1.99. The van der Waals surface area contributed by atoms with Gasteiger partial charge in [-0.25, -0.2) is 4.73 Å². The van der Waals surface area contributed by atoms with Crippen LogP contribution in [0.2, 0.25) is 45.8 Å². The third-order valence-electron chi connectivity index (χ3n) is 4.03. The first-order chi connectivity index (χ1) is 6.89. The minimum atomic E-state index is -1.46. The van der Waals surface area contributed by atoms with Crippen LogP contribution in [0.15, 0.2) is 0 Å².